The topological polar surface area (TPSA) is 32.3 Å². The molecule has 126 valence electrons. The maximum Gasteiger partial charge on any atom is 0.251 e. The highest BCUT2D eigenvalue weighted by Crippen LogP contribution is 2.45. The van der Waals surface area contributed by atoms with Gasteiger partial charge in [-0.15, -0.1) is 23.5 Å². The summed E-state index contributed by atoms with van der Waals surface area (Å²) < 4.78 is 0.549. The van der Waals surface area contributed by atoms with Gasteiger partial charge in [-0.05, 0) is 43.0 Å². The Morgan fingerprint density at radius 1 is 1.26 bits per heavy atom. The molecule has 2 heterocycles. The van der Waals surface area contributed by atoms with Crippen LogP contribution in [0.1, 0.15) is 40.3 Å². The Bertz CT molecular complexity index is 514. The Morgan fingerprint density at radius 2 is 2.00 bits per heavy atom. The normalized spacial score (nSPS) is 23.1. The van der Waals surface area contributed by atoms with Crippen molar-refractivity contribution < 1.29 is 4.79 Å². The Hall–Kier alpha value is -0.650. The highest BCUT2D eigenvalue weighted by atomic mass is 32.2. The van der Waals surface area contributed by atoms with Crippen molar-refractivity contribution in [3.63, 3.8) is 0 Å². The van der Waals surface area contributed by atoms with Gasteiger partial charge in [0.05, 0.1) is 4.58 Å². The number of piperidine rings is 1. The van der Waals surface area contributed by atoms with Gasteiger partial charge in [0.15, 0.2) is 0 Å². The van der Waals surface area contributed by atoms with Crippen LogP contribution in [-0.2, 0) is 0 Å². The van der Waals surface area contributed by atoms with Crippen LogP contribution in [0.4, 0.5) is 0 Å². The maximum atomic E-state index is 12.2. The fourth-order valence-electron chi connectivity index (χ4n) is 3.26. The van der Waals surface area contributed by atoms with Crippen molar-refractivity contribution in [2.24, 2.45) is 5.92 Å². The summed E-state index contributed by atoms with van der Waals surface area (Å²) in [6.07, 6.45) is 2.63. The first-order valence-corrected chi connectivity index (χ1v) is 10.7. The molecule has 1 aromatic carbocycles. The highest BCUT2D eigenvalue weighted by molar-refractivity contribution is 8.19. The van der Waals surface area contributed by atoms with Crippen molar-refractivity contribution >= 4 is 29.4 Å². The largest absolute Gasteiger partial charge is 0.351 e. The molecule has 3 nitrogen and oxygen atoms in total. The molecule has 0 aliphatic carbocycles. The van der Waals surface area contributed by atoms with Gasteiger partial charge in [-0.25, -0.2) is 0 Å². The molecule has 0 saturated carbocycles. The number of rotatable bonds is 5. The zero-order valence-electron chi connectivity index (χ0n) is 13.8. The minimum absolute atomic E-state index is 0.0494. The number of nitrogens with zero attached hydrogens (tertiary/aromatic N) is 1. The quantitative estimate of drug-likeness (QED) is 0.879. The van der Waals surface area contributed by atoms with Gasteiger partial charge in [0.1, 0.15) is 0 Å². The Balaban J connectivity index is 1.44. The van der Waals surface area contributed by atoms with E-state index < -0.39 is 0 Å². The molecular formula is C18H26N2OS2. The summed E-state index contributed by atoms with van der Waals surface area (Å²) in [7, 11) is 0. The molecule has 1 atom stereocenters. The van der Waals surface area contributed by atoms with Crippen LogP contribution in [0.15, 0.2) is 24.3 Å². The molecule has 1 aromatic rings. The average molecular weight is 351 g/mol. The van der Waals surface area contributed by atoms with Crippen LogP contribution in [-0.4, -0.2) is 48.5 Å². The van der Waals surface area contributed by atoms with Crippen molar-refractivity contribution in [3.05, 3.63) is 35.4 Å². The standard InChI is InChI=1S/C18H26N2OS2/c1-14-3-2-9-20(13-14)10-8-19-17(21)15-4-6-16(7-5-15)18-22-11-12-23-18/h4-7,14,18H,2-3,8-13H2,1H3,(H,19,21). The van der Waals surface area contributed by atoms with E-state index in [0.717, 1.165) is 24.6 Å². The number of amides is 1. The van der Waals surface area contributed by atoms with Gasteiger partial charge in [0.25, 0.3) is 5.91 Å². The van der Waals surface area contributed by atoms with E-state index in [1.165, 1.54) is 43.0 Å². The van der Waals surface area contributed by atoms with Crippen LogP contribution in [0, 0.1) is 5.92 Å². The molecule has 2 aliphatic rings. The SMILES string of the molecule is CC1CCCN(CCNC(=O)c2ccc(C3SCCS3)cc2)C1. The van der Waals surface area contributed by atoms with Gasteiger partial charge in [-0.3, -0.25) is 4.79 Å². The molecule has 1 amide bonds. The van der Waals surface area contributed by atoms with E-state index >= 15 is 0 Å². The van der Waals surface area contributed by atoms with E-state index in [1.807, 2.05) is 35.7 Å². The van der Waals surface area contributed by atoms with E-state index in [-0.39, 0.29) is 5.91 Å². The number of carbonyl (C=O) groups excluding carboxylic acids is 1. The van der Waals surface area contributed by atoms with Gasteiger partial charge >= 0.3 is 0 Å². The first-order chi connectivity index (χ1) is 11.2. The fourth-order valence-corrected chi connectivity index (χ4v) is 6.12. The number of likely N-dealkylation sites (tertiary alicyclic amines) is 1. The van der Waals surface area contributed by atoms with Gasteiger partial charge in [-0.2, -0.15) is 0 Å². The van der Waals surface area contributed by atoms with Crippen molar-refractivity contribution in [2.45, 2.75) is 24.3 Å². The summed E-state index contributed by atoms with van der Waals surface area (Å²) in [4.78, 5) is 14.7. The highest BCUT2D eigenvalue weighted by Gasteiger charge is 2.19. The molecule has 23 heavy (non-hydrogen) atoms. The third kappa shape index (κ3) is 4.91. The molecule has 1 unspecified atom stereocenters. The lowest BCUT2D eigenvalue weighted by molar-refractivity contribution is 0.0944. The van der Waals surface area contributed by atoms with Crippen LogP contribution < -0.4 is 5.32 Å². The first-order valence-electron chi connectivity index (χ1n) is 8.56. The van der Waals surface area contributed by atoms with E-state index in [4.69, 9.17) is 0 Å². The van der Waals surface area contributed by atoms with Crippen LogP contribution in [0.3, 0.4) is 0 Å². The third-order valence-electron chi connectivity index (χ3n) is 4.52. The molecule has 1 N–H and O–H groups in total. The average Bonchev–Trinajstić information content (AvgIpc) is 3.09. The minimum Gasteiger partial charge on any atom is -0.351 e. The molecule has 3 rings (SSSR count). The van der Waals surface area contributed by atoms with Gasteiger partial charge in [0.2, 0.25) is 0 Å². The van der Waals surface area contributed by atoms with Crippen molar-refractivity contribution in [3.8, 4) is 0 Å². The first kappa shape index (κ1) is 17.2. The van der Waals surface area contributed by atoms with Crippen molar-refractivity contribution in [2.75, 3.05) is 37.7 Å². The van der Waals surface area contributed by atoms with Crippen LogP contribution >= 0.6 is 23.5 Å². The predicted molar refractivity (Wildman–Crippen MR) is 101 cm³/mol. The zero-order chi connectivity index (χ0) is 16.1. The zero-order valence-corrected chi connectivity index (χ0v) is 15.4. The van der Waals surface area contributed by atoms with Gasteiger partial charge < -0.3 is 10.2 Å². The second-order valence-electron chi connectivity index (χ2n) is 6.50. The number of hydrogen-bond acceptors (Lipinski definition) is 4. The number of thioether (sulfide) groups is 2. The summed E-state index contributed by atoms with van der Waals surface area (Å²) in [5.41, 5.74) is 2.10. The lowest BCUT2D eigenvalue weighted by Gasteiger charge is -2.30. The maximum absolute atomic E-state index is 12.2. The summed E-state index contributed by atoms with van der Waals surface area (Å²) >= 11 is 3.99. The lowest BCUT2D eigenvalue weighted by atomic mass is 10.0. The molecule has 0 aromatic heterocycles. The van der Waals surface area contributed by atoms with E-state index in [9.17, 15) is 4.79 Å². The summed E-state index contributed by atoms with van der Waals surface area (Å²) in [6.45, 7) is 6.35. The molecular weight excluding hydrogens is 324 g/mol. The number of hydrogen-bond donors (Lipinski definition) is 1. The lowest BCUT2D eigenvalue weighted by Crippen LogP contribution is -2.40. The second-order valence-corrected chi connectivity index (χ2v) is 9.22. The van der Waals surface area contributed by atoms with Gasteiger partial charge in [0, 0.05) is 36.7 Å². The van der Waals surface area contributed by atoms with E-state index in [0.29, 0.717) is 4.58 Å². The molecule has 0 bridgehead atoms. The molecule has 0 spiro atoms. The molecule has 2 saturated heterocycles. The summed E-state index contributed by atoms with van der Waals surface area (Å²) in [6, 6.07) is 8.15. The van der Waals surface area contributed by atoms with Crippen molar-refractivity contribution in [1.82, 2.24) is 10.2 Å². The Morgan fingerprint density at radius 3 is 2.70 bits per heavy atom. The molecule has 2 fully saturated rings. The summed E-state index contributed by atoms with van der Waals surface area (Å²) in [5, 5.41) is 3.06. The Kier molecular flexibility index (Phi) is 6.31. The van der Waals surface area contributed by atoms with Crippen LogP contribution in [0.2, 0.25) is 0 Å². The van der Waals surface area contributed by atoms with E-state index in [1.54, 1.807) is 0 Å². The molecule has 2 aliphatic heterocycles. The smallest absolute Gasteiger partial charge is 0.251 e. The molecule has 0 radical (unpaired) electrons. The fraction of sp³-hybridized carbons (Fsp3) is 0.611. The predicted octanol–water partition coefficient (Wildman–Crippen LogP) is 3.63. The number of nitrogens with one attached hydrogen (secondary N) is 1. The monoisotopic (exact) mass is 350 g/mol. The third-order valence-corrected chi connectivity index (χ3v) is 7.63. The minimum atomic E-state index is 0.0494. The second kappa shape index (κ2) is 8.45. The van der Waals surface area contributed by atoms with Crippen molar-refractivity contribution in [1.29, 1.82) is 0 Å². The molecule has 5 heteroatoms. The van der Waals surface area contributed by atoms with Crippen LogP contribution in [0.25, 0.3) is 0 Å². The summed E-state index contributed by atoms with van der Waals surface area (Å²) in [5.74, 6) is 3.30. The van der Waals surface area contributed by atoms with Crippen LogP contribution in [0.5, 0.6) is 0 Å². The number of benzene rings is 1. The van der Waals surface area contributed by atoms with Gasteiger partial charge in [-0.1, -0.05) is 19.1 Å². The number of carbonyl (C=O) groups is 1. The Labute approximate surface area is 148 Å². The van der Waals surface area contributed by atoms with E-state index in [2.05, 4.69) is 29.3 Å².